The lowest BCUT2D eigenvalue weighted by molar-refractivity contribution is 1.12. The molecule has 0 radical (unpaired) electrons. The van der Waals surface area contributed by atoms with E-state index >= 15 is 0 Å². The standard InChI is InChI=1S/C16H13N3.2C15H10ClN3.C15H12N4.C15H11N3/c1-10-6-7-12-14(8-10)18-19-16(12)15-9-11-4-2-3-5-13(11)17-15;16-10-5-3-7-12-14(10)15(19-18-12)13-8-9-4-1-2-6-11(9)17-13;16-10-5-6-11-13(8-10)18-19-15(11)14-7-9-3-1-2-4-12(9)17-14;16-10-5-6-13-11(8-10)15(19-18-13)14-7-9-3-1-2-4-12(9)17-14;1-3-7-12-10(5-1)9-14(16-12)15-11-6-2-4-8-13(11)17-18-15/h2-9,17H,1H3,(H,18,19);2*1-8,17H,(H,18,19);1-8,17H,16H2,(H,18,19);1-9,16H,(H,17,18). The Morgan fingerprint density at radius 2 is 0.628 bits per heavy atom. The highest BCUT2D eigenvalue weighted by Gasteiger charge is 2.17. The summed E-state index contributed by atoms with van der Waals surface area (Å²) in [6.45, 7) is 2.09. The minimum absolute atomic E-state index is 0.708. The first-order valence-electron chi connectivity index (χ1n) is 30.5. The fourth-order valence-electron chi connectivity index (χ4n) is 12.2. The molecule has 10 heterocycles. The smallest absolute Gasteiger partial charge is 0.118 e. The zero-order valence-electron chi connectivity index (χ0n) is 50.2. The van der Waals surface area contributed by atoms with E-state index in [0.717, 1.165) is 145 Å². The molecule has 0 bridgehead atoms. The molecule has 0 fully saturated rings. The molecule has 10 aromatic carbocycles. The fourth-order valence-corrected chi connectivity index (χ4v) is 12.6. The van der Waals surface area contributed by atoms with Gasteiger partial charge < -0.3 is 30.7 Å². The second kappa shape index (κ2) is 24.1. The highest BCUT2D eigenvalue weighted by molar-refractivity contribution is 6.36. The molecule has 0 spiro atoms. The molecule has 0 amide bonds. The summed E-state index contributed by atoms with van der Waals surface area (Å²) in [7, 11) is 0. The van der Waals surface area contributed by atoms with E-state index in [2.05, 4.69) is 198 Å². The lowest BCUT2D eigenvalue weighted by Gasteiger charge is -1.96. The summed E-state index contributed by atoms with van der Waals surface area (Å²) in [5.74, 6) is 0. The Morgan fingerprint density at radius 3 is 1.11 bits per heavy atom. The Bertz CT molecular complexity index is 5800. The van der Waals surface area contributed by atoms with Gasteiger partial charge in [0.2, 0.25) is 0 Å². The molecule has 454 valence electrons. The van der Waals surface area contributed by atoms with E-state index in [1.54, 1.807) is 0 Å². The van der Waals surface area contributed by atoms with Crippen LogP contribution in [0.3, 0.4) is 0 Å². The Labute approximate surface area is 544 Å². The van der Waals surface area contributed by atoms with Crippen molar-refractivity contribution in [2.24, 2.45) is 0 Å². The highest BCUT2D eigenvalue weighted by atomic mass is 35.5. The summed E-state index contributed by atoms with van der Waals surface area (Å²) in [4.78, 5) is 17.0. The van der Waals surface area contributed by atoms with Gasteiger partial charge in [-0.2, -0.15) is 25.5 Å². The van der Waals surface area contributed by atoms with Crippen molar-refractivity contribution in [3.8, 4) is 56.9 Å². The number of fused-ring (bicyclic) bond motifs is 10. The number of hydrogen-bond donors (Lipinski definition) is 11. The number of para-hydroxylation sites is 6. The number of H-pyrrole nitrogens is 10. The number of rotatable bonds is 5. The van der Waals surface area contributed by atoms with Crippen molar-refractivity contribution in [1.82, 2.24) is 75.9 Å². The number of hydrogen-bond acceptors (Lipinski definition) is 6. The van der Waals surface area contributed by atoms with Gasteiger partial charge in [-0.1, -0.05) is 151 Å². The van der Waals surface area contributed by atoms with Crippen molar-refractivity contribution in [2.75, 3.05) is 5.73 Å². The van der Waals surface area contributed by atoms with E-state index in [1.165, 1.54) is 32.5 Å². The Balaban J connectivity index is 0.0000000929. The van der Waals surface area contributed by atoms with Crippen molar-refractivity contribution in [1.29, 1.82) is 0 Å². The molecule has 12 N–H and O–H groups in total. The van der Waals surface area contributed by atoms with Crippen molar-refractivity contribution in [3.63, 3.8) is 0 Å². The molecular formula is C76H56Cl2N16. The normalized spacial score (nSPS) is 11.4. The molecule has 0 unspecified atom stereocenters. The lowest BCUT2D eigenvalue weighted by Crippen LogP contribution is -1.83. The Kier molecular flexibility index (Phi) is 14.6. The first-order valence-corrected chi connectivity index (χ1v) is 31.2. The number of nitrogens with zero attached hydrogens (tertiary/aromatic N) is 5. The van der Waals surface area contributed by atoms with Crippen LogP contribution in [0, 0.1) is 6.92 Å². The van der Waals surface area contributed by atoms with Gasteiger partial charge >= 0.3 is 0 Å². The van der Waals surface area contributed by atoms with Crippen LogP contribution in [0.2, 0.25) is 10.0 Å². The van der Waals surface area contributed by atoms with E-state index < -0.39 is 0 Å². The van der Waals surface area contributed by atoms with Gasteiger partial charge in [-0.05, 0) is 134 Å². The minimum Gasteiger partial charge on any atom is -0.399 e. The largest absolute Gasteiger partial charge is 0.399 e. The molecular weight excluding hydrogens is 1210 g/mol. The predicted molar refractivity (Wildman–Crippen MR) is 386 cm³/mol. The number of aromatic nitrogens is 15. The number of nitrogen functional groups attached to an aromatic ring is 1. The summed E-state index contributed by atoms with van der Waals surface area (Å²) in [6.07, 6.45) is 0. The second-order valence-electron chi connectivity index (χ2n) is 23.0. The van der Waals surface area contributed by atoms with Gasteiger partial charge in [0, 0.05) is 92.2 Å². The van der Waals surface area contributed by atoms with Gasteiger partial charge in [-0.15, -0.1) is 0 Å². The molecule has 16 nitrogen and oxygen atoms in total. The van der Waals surface area contributed by atoms with Crippen LogP contribution < -0.4 is 5.73 Å². The summed E-state index contributed by atoms with van der Waals surface area (Å²) >= 11 is 12.3. The zero-order chi connectivity index (χ0) is 63.2. The maximum absolute atomic E-state index is 6.28. The monoisotopic (exact) mass is 1260 g/mol. The molecule has 0 aliphatic rings. The van der Waals surface area contributed by atoms with Crippen LogP contribution in [0.5, 0.6) is 0 Å². The second-order valence-corrected chi connectivity index (χ2v) is 23.8. The summed E-state index contributed by atoms with van der Waals surface area (Å²) in [5.41, 5.74) is 28.2. The molecule has 0 aliphatic carbocycles. The van der Waals surface area contributed by atoms with Gasteiger partial charge in [0.25, 0.3) is 0 Å². The third-order valence-corrected chi connectivity index (χ3v) is 17.3. The zero-order valence-corrected chi connectivity index (χ0v) is 51.8. The van der Waals surface area contributed by atoms with Crippen LogP contribution in [0.15, 0.2) is 249 Å². The molecule has 20 rings (SSSR count). The maximum Gasteiger partial charge on any atom is 0.118 e. The van der Waals surface area contributed by atoms with Gasteiger partial charge in [0.05, 0.1) is 61.1 Å². The first-order chi connectivity index (χ1) is 46.2. The Morgan fingerprint density at radius 1 is 0.277 bits per heavy atom. The molecule has 0 saturated heterocycles. The number of anilines is 1. The number of aromatic amines is 10. The third-order valence-electron chi connectivity index (χ3n) is 16.8. The fraction of sp³-hybridized carbons (Fsp3) is 0.0132. The van der Waals surface area contributed by atoms with Crippen molar-refractivity contribution in [2.45, 2.75) is 6.92 Å². The topological polar surface area (TPSA) is 248 Å². The summed E-state index contributed by atoms with van der Waals surface area (Å²) < 4.78 is 0. The van der Waals surface area contributed by atoms with Gasteiger partial charge in [-0.25, -0.2) is 0 Å². The molecule has 0 saturated carbocycles. The van der Waals surface area contributed by atoms with Crippen LogP contribution >= 0.6 is 23.2 Å². The molecule has 20 aromatic rings. The predicted octanol–water partition coefficient (Wildman–Crippen LogP) is 19.8. The van der Waals surface area contributed by atoms with Crippen molar-refractivity contribution in [3.05, 3.63) is 264 Å². The highest BCUT2D eigenvalue weighted by Crippen LogP contribution is 2.36. The van der Waals surface area contributed by atoms with Gasteiger partial charge in [0.15, 0.2) is 0 Å². The molecule has 94 heavy (non-hydrogen) atoms. The maximum atomic E-state index is 6.28. The minimum atomic E-state index is 0.708. The van der Waals surface area contributed by atoms with E-state index in [9.17, 15) is 0 Å². The average molecular weight is 1260 g/mol. The lowest BCUT2D eigenvalue weighted by atomic mass is 10.1. The number of nitrogens with one attached hydrogen (secondary N) is 10. The molecule has 0 atom stereocenters. The third kappa shape index (κ3) is 11.0. The molecule has 10 aromatic heterocycles. The van der Waals surface area contributed by atoms with E-state index in [-0.39, 0.29) is 0 Å². The van der Waals surface area contributed by atoms with Crippen molar-refractivity contribution >= 4 is 138 Å². The van der Waals surface area contributed by atoms with Crippen LogP contribution in [0.25, 0.3) is 166 Å². The van der Waals surface area contributed by atoms with Crippen LogP contribution in [-0.2, 0) is 0 Å². The summed E-state index contributed by atoms with van der Waals surface area (Å²) in [6, 6.07) is 83.5. The summed E-state index contributed by atoms with van der Waals surface area (Å²) in [5, 5.41) is 49.9. The number of benzene rings is 10. The van der Waals surface area contributed by atoms with Crippen LogP contribution in [0.4, 0.5) is 5.69 Å². The molecule has 0 aliphatic heterocycles. The first kappa shape index (κ1) is 56.8. The van der Waals surface area contributed by atoms with E-state index in [1.807, 2.05) is 133 Å². The van der Waals surface area contributed by atoms with Crippen LogP contribution in [-0.4, -0.2) is 75.9 Å². The van der Waals surface area contributed by atoms with E-state index in [4.69, 9.17) is 28.9 Å². The van der Waals surface area contributed by atoms with Crippen LogP contribution in [0.1, 0.15) is 5.56 Å². The van der Waals surface area contributed by atoms with Gasteiger partial charge in [-0.3, -0.25) is 25.5 Å². The SMILES string of the molecule is Cc1ccc2c(-c3cc4ccccc4[nH]3)n[nH]c2c1.Clc1ccc2c(-c3cc4ccccc4[nH]3)n[nH]c2c1.Clc1cccc2[nH]nc(-c3cc4ccccc4[nH]3)c12.Nc1ccc2[nH]nc(-c3cc4ccccc4[nH]3)c2c1.c1ccc2[nH]c(-c3n[nH]c4ccccc34)cc2c1. The number of nitrogens with two attached hydrogens (primary N) is 1. The average Bonchev–Trinajstić information content (AvgIpc) is 1.71. The van der Waals surface area contributed by atoms with Gasteiger partial charge in [0.1, 0.15) is 28.5 Å². The molecule has 18 heteroatoms. The number of aryl methyl sites for hydroxylation is 1. The quantitative estimate of drug-likeness (QED) is 0.0748. The van der Waals surface area contributed by atoms with E-state index in [0.29, 0.717) is 10.0 Å². The van der Waals surface area contributed by atoms with Crippen molar-refractivity contribution < 1.29 is 0 Å². The number of halogens is 2. The Hall–Kier alpha value is -12.4.